The normalized spacial score (nSPS) is 11.1. The number of carbonyl (C=O) groups is 1. The summed E-state index contributed by atoms with van der Waals surface area (Å²) >= 11 is 1.34. The lowest BCUT2D eigenvalue weighted by molar-refractivity contribution is 0.0947. The molecule has 0 saturated heterocycles. The molecule has 0 aliphatic rings. The third-order valence-electron chi connectivity index (χ3n) is 3.48. The lowest BCUT2D eigenvalue weighted by atomic mass is 10.2. The van der Waals surface area contributed by atoms with Crippen LogP contribution in [0.1, 0.15) is 16.1 Å². The van der Waals surface area contributed by atoms with E-state index in [-0.39, 0.29) is 11.5 Å². The lowest BCUT2D eigenvalue weighted by Crippen LogP contribution is -2.24. The Balaban J connectivity index is 1.70. The van der Waals surface area contributed by atoms with Gasteiger partial charge in [-0.15, -0.1) is 11.3 Å². The van der Waals surface area contributed by atoms with Crippen LogP contribution >= 0.6 is 11.3 Å². The van der Waals surface area contributed by atoms with Crippen molar-refractivity contribution in [2.45, 2.75) is 6.54 Å². The first-order valence-corrected chi connectivity index (χ1v) is 7.80. The SMILES string of the molecule is O=C(NCc1ccco1)c1ccc2nc3ccsc3c(=O)n2c1. The summed E-state index contributed by atoms with van der Waals surface area (Å²) in [5.41, 5.74) is 1.42. The summed E-state index contributed by atoms with van der Waals surface area (Å²) in [5, 5.41) is 4.58. The molecule has 0 spiro atoms. The van der Waals surface area contributed by atoms with Crippen LogP contribution in [0.4, 0.5) is 0 Å². The number of rotatable bonds is 3. The Bertz CT molecular complexity index is 1060. The van der Waals surface area contributed by atoms with Crippen LogP contribution in [-0.4, -0.2) is 15.3 Å². The van der Waals surface area contributed by atoms with Gasteiger partial charge < -0.3 is 9.73 Å². The van der Waals surface area contributed by atoms with E-state index in [1.807, 2.05) is 11.4 Å². The number of furan rings is 1. The van der Waals surface area contributed by atoms with Gasteiger partial charge in [-0.05, 0) is 35.7 Å². The van der Waals surface area contributed by atoms with Gasteiger partial charge in [-0.3, -0.25) is 14.0 Å². The van der Waals surface area contributed by atoms with Gasteiger partial charge in [0.25, 0.3) is 11.5 Å². The Morgan fingerprint density at radius 3 is 3.04 bits per heavy atom. The van der Waals surface area contributed by atoms with Crippen LogP contribution in [0.25, 0.3) is 15.9 Å². The Kier molecular flexibility index (Phi) is 3.20. The van der Waals surface area contributed by atoms with Gasteiger partial charge in [0.15, 0.2) is 0 Å². The van der Waals surface area contributed by atoms with Gasteiger partial charge in [0, 0.05) is 6.20 Å². The summed E-state index contributed by atoms with van der Waals surface area (Å²) in [7, 11) is 0. The summed E-state index contributed by atoms with van der Waals surface area (Å²) in [6, 6.07) is 8.67. The average Bonchev–Trinajstić information content (AvgIpc) is 3.24. The maximum atomic E-state index is 12.5. The molecule has 0 saturated carbocycles. The highest BCUT2D eigenvalue weighted by Crippen LogP contribution is 2.15. The highest BCUT2D eigenvalue weighted by atomic mass is 32.1. The van der Waals surface area contributed by atoms with E-state index in [0.29, 0.717) is 33.7 Å². The van der Waals surface area contributed by atoms with Crippen LogP contribution < -0.4 is 10.9 Å². The number of pyridine rings is 1. The molecule has 114 valence electrons. The molecule has 0 radical (unpaired) electrons. The summed E-state index contributed by atoms with van der Waals surface area (Å²) in [5.74, 6) is 0.389. The molecule has 0 aliphatic carbocycles. The molecule has 0 atom stereocenters. The molecular weight excluding hydrogens is 314 g/mol. The Morgan fingerprint density at radius 2 is 2.22 bits per heavy atom. The number of aromatic nitrogens is 2. The minimum atomic E-state index is -0.276. The van der Waals surface area contributed by atoms with Gasteiger partial charge in [0.2, 0.25) is 0 Å². The van der Waals surface area contributed by atoms with Crippen molar-refractivity contribution in [1.82, 2.24) is 14.7 Å². The van der Waals surface area contributed by atoms with Gasteiger partial charge in [0.1, 0.15) is 16.1 Å². The van der Waals surface area contributed by atoms with Crippen molar-refractivity contribution < 1.29 is 9.21 Å². The summed E-state index contributed by atoms with van der Waals surface area (Å²) in [4.78, 5) is 29.1. The highest BCUT2D eigenvalue weighted by Gasteiger charge is 2.11. The molecule has 4 heterocycles. The predicted octanol–water partition coefficient (Wildman–Crippen LogP) is 2.43. The molecule has 23 heavy (non-hydrogen) atoms. The number of nitrogens with zero attached hydrogens (tertiary/aromatic N) is 2. The van der Waals surface area contributed by atoms with Crippen LogP contribution in [0.2, 0.25) is 0 Å². The van der Waals surface area contributed by atoms with Crippen molar-refractivity contribution in [1.29, 1.82) is 0 Å². The monoisotopic (exact) mass is 325 g/mol. The Hall–Kier alpha value is -2.93. The van der Waals surface area contributed by atoms with Crippen LogP contribution in [0, 0.1) is 0 Å². The molecule has 0 unspecified atom stereocenters. The second-order valence-electron chi connectivity index (χ2n) is 4.96. The van der Waals surface area contributed by atoms with E-state index < -0.39 is 0 Å². The molecule has 7 heteroatoms. The van der Waals surface area contributed by atoms with Crippen molar-refractivity contribution in [3.63, 3.8) is 0 Å². The Labute approximate surface area is 134 Å². The summed E-state index contributed by atoms with van der Waals surface area (Å²) < 4.78 is 7.15. The lowest BCUT2D eigenvalue weighted by Gasteiger charge is -2.06. The van der Waals surface area contributed by atoms with Crippen molar-refractivity contribution in [2.24, 2.45) is 0 Å². The van der Waals surface area contributed by atoms with Crippen LogP contribution in [-0.2, 0) is 6.54 Å². The fourth-order valence-corrected chi connectivity index (χ4v) is 3.11. The first kappa shape index (κ1) is 13.7. The smallest absolute Gasteiger partial charge is 0.275 e. The molecule has 0 aliphatic heterocycles. The van der Waals surface area contributed by atoms with Crippen molar-refractivity contribution in [3.8, 4) is 0 Å². The topological polar surface area (TPSA) is 76.6 Å². The van der Waals surface area contributed by atoms with Crippen LogP contribution in [0.5, 0.6) is 0 Å². The third-order valence-corrected chi connectivity index (χ3v) is 4.38. The van der Waals surface area contributed by atoms with E-state index in [2.05, 4.69) is 10.3 Å². The first-order valence-electron chi connectivity index (χ1n) is 6.92. The number of hydrogen-bond donors (Lipinski definition) is 1. The molecule has 4 rings (SSSR count). The molecule has 0 fully saturated rings. The van der Waals surface area contributed by atoms with Gasteiger partial charge in [-0.25, -0.2) is 4.98 Å². The van der Waals surface area contributed by atoms with Gasteiger partial charge in [-0.2, -0.15) is 0 Å². The number of amides is 1. The standard InChI is InChI=1S/C16H11N3O3S/c20-15(17-8-11-2-1-6-22-11)10-3-4-13-18-12-5-7-23-14(12)16(21)19(13)9-10/h1-7,9H,8H2,(H,17,20). The maximum absolute atomic E-state index is 12.5. The van der Waals surface area contributed by atoms with E-state index in [9.17, 15) is 9.59 Å². The zero-order valence-corrected chi connectivity index (χ0v) is 12.7. The molecule has 0 aromatic carbocycles. The fourth-order valence-electron chi connectivity index (χ4n) is 2.35. The van der Waals surface area contributed by atoms with E-state index >= 15 is 0 Å². The average molecular weight is 325 g/mol. The van der Waals surface area contributed by atoms with Gasteiger partial charge >= 0.3 is 0 Å². The predicted molar refractivity (Wildman–Crippen MR) is 86.7 cm³/mol. The number of hydrogen-bond acceptors (Lipinski definition) is 5. The van der Waals surface area contributed by atoms with Crippen LogP contribution in [0.3, 0.4) is 0 Å². The quantitative estimate of drug-likeness (QED) is 0.627. The van der Waals surface area contributed by atoms with E-state index in [0.717, 1.165) is 0 Å². The zero-order valence-electron chi connectivity index (χ0n) is 11.9. The molecule has 4 aromatic rings. The van der Waals surface area contributed by atoms with Gasteiger partial charge in [0.05, 0.1) is 23.9 Å². The summed E-state index contributed by atoms with van der Waals surface area (Å²) in [6.45, 7) is 0.293. The molecule has 4 aromatic heterocycles. The zero-order chi connectivity index (χ0) is 15.8. The van der Waals surface area contributed by atoms with Crippen molar-refractivity contribution >= 4 is 33.1 Å². The third kappa shape index (κ3) is 2.40. The molecule has 1 N–H and O–H groups in total. The fraction of sp³-hybridized carbons (Fsp3) is 0.0625. The van der Waals surface area contributed by atoms with E-state index in [4.69, 9.17) is 4.42 Å². The van der Waals surface area contributed by atoms with Gasteiger partial charge in [-0.1, -0.05) is 0 Å². The second-order valence-corrected chi connectivity index (χ2v) is 5.88. The molecular formula is C16H11N3O3S. The molecule has 0 bridgehead atoms. The highest BCUT2D eigenvalue weighted by molar-refractivity contribution is 7.17. The van der Waals surface area contributed by atoms with E-state index in [1.54, 1.807) is 30.5 Å². The number of carbonyl (C=O) groups excluding carboxylic acids is 1. The molecule has 1 amide bonds. The minimum absolute atomic E-state index is 0.166. The summed E-state index contributed by atoms with van der Waals surface area (Å²) in [6.07, 6.45) is 3.07. The molecule has 6 nitrogen and oxygen atoms in total. The maximum Gasteiger partial charge on any atom is 0.275 e. The van der Waals surface area contributed by atoms with E-state index in [1.165, 1.54) is 21.9 Å². The van der Waals surface area contributed by atoms with Crippen molar-refractivity contribution in [2.75, 3.05) is 0 Å². The minimum Gasteiger partial charge on any atom is -0.467 e. The Morgan fingerprint density at radius 1 is 1.30 bits per heavy atom. The number of thiophene rings is 1. The van der Waals surface area contributed by atoms with Crippen molar-refractivity contribution in [3.05, 3.63) is 69.8 Å². The largest absolute Gasteiger partial charge is 0.467 e. The first-order chi connectivity index (χ1) is 11.2. The van der Waals surface area contributed by atoms with Crippen LogP contribution in [0.15, 0.2) is 57.4 Å². The number of nitrogens with one attached hydrogen (secondary N) is 1. The number of fused-ring (bicyclic) bond motifs is 2. The second kappa shape index (κ2) is 5.36.